The number of phenolic OH excluding ortho intramolecular Hbond substituents is 1. The summed E-state index contributed by atoms with van der Waals surface area (Å²) in [5, 5.41) is 10.1. The molecule has 5 nitrogen and oxygen atoms in total. The maximum absolute atomic E-state index is 11.2. The number of hydrogen-bond donors (Lipinski definition) is 1. The highest BCUT2D eigenvalue weighted by atomic mass is 16.5. The molecule has 6 rings (SSSR count). The van der Waals surface area contributed by atoms with Gasteiger partial charge < -0.3 is 19.5 Å². The van der Waals surface area contributed by atoms with Crippen molar-refractivity contribution in [3.05, 3.63) is 89.1 Å². The van der Waals surface area contributed by atoms with Gasteiger partial charge in [0.05, 0.1) is 12.2 Å². The van der Waals surface area contributed by atoms with E-state index in [0.29, 0.717) is 18.3 Å². The molecular weight excluding hydrogens is 436 g/mol. The third-order valence-corrected chi connectivity index (χ3v) is 8.38. The molecule has 3 atom stereocenters. The van der Waals surface area contributed by atoms with Crippen LogP contribution in [0.15, 0.2) is 66.9 Å². The first-order chi connectivity index (χ1) is 17.1. The molecule has 0 amide bonds. The predicted molar refractivity (Wildman–Crippen MR) is 136 cm³/mol. The molecule has 35 heavy (non-hydrogen) atoms. The van der Waals surface area contributed by atoms with Crippen molar-refractivity contribution in [3.8, 4) is 5.75 Å². The first kappa shape index (κ1) is 22.3. The Balaban J connectivity index is 1.25. The van der Waals surface area contributed by atoms with E-state index in [4.69, 9.17) is 9.72 Å². The molecule has 1 N–H and O–H groups in total. The number of fused-ring (bicyclic) bond motifs is 1. The quantitative estimate of drug-likeness (QED) is 0.532. The monoisotopic (exact) mass is 468 g/mol. The Hall–Kier alpha value is -3.18. The normalized spacial score (nSPS) is 25.4. The fourth-order valence-corrected chi connectivity index (χ4v) is 6.50. The van der Waals surface area contributed by atoms with Crippen LogP contribution in [0.3, 0.4) is 0 Å². The van der Waals surface area contributed by atoms with Crippen molar-refractivity contribution < 1.29 is 14.6 Å². The molecule has 3 aromatic rings. The second-order valence-electron chi connectivity index (χ2n) is 10.4. The first-order valence-electron chi connectivity index (χ1n) is 12.8. The van der Waals surface area contributed by atoms with Crippen molar-refractivity contribution in [1.29, 1.82) is 0 Å². The number of aryl methyl sites for hydroxylation is 1. The lowest BCUT2D eigenvalue weighted by molar-refractivity contribution is -0.111. The zero-order valence-corrected chi connectivity index (χ0v) is 20.0. The minimum Gasteiger partial charge on any atom is -0.508 e. The Morgan fingerprint density at radius 2 is 1.86 bits per heavy atom. The molecule has 3 aliphatic rings. The van der Waals surface area contributed by atoms with Gasteiger partial charge in [-0.15, -0.1) is 0 Å². The smallest absolute Gasteiger partial charge is 0.128 e. The maximum atomic E-state index is 11.2. The number of aldehydes is 1. The van der Waals surface area contributed by atoms with E-state index in [1.54, 1.807) is 0 Å². The first-order valence-corrected chi connectivity index (χ1v) is 12.8. The molecule has 2 saturated heterocycles. The highest BCUT2D eigenvalue weighted by Crippen LogP contribution is 2.47. The molecule has 5 heteroatoms. The van der Waals surface area contributed by atoms with E-state index in [1.165, 1.54) is 22.3 Å². The van der Waals surface area contributed by atoms with Gasteiger partial charge in [-0.05, 0) is 78.5 Å². The Bertz CT molecular complexity index is 1190. The van der Waals surface area contributed by atoms with Gasteiger partial charge in [-0.25, -0.2) is 4.98 Å². The van der Waals surface area contributed by atoms with Crippen LogP contribution in [-0.2, 0) is 16.0 Å². The number of anilines is 1. The average molecular weight is 469 g/mol. The second-order valence-corrected chi connectivity index (χ2v) is 10.4. The van der Waals surface area contributed by atoms with Gasteiger partial charge >= 0.3 is 0 Å². The van der Waals surface area contributed by atoms with Crippen LogP contribution in [0.25, 0.3) is 0 Å². The fourth-order valence-electron chi connectivity index (χ4n) is 6.50. The van der Waals surface area contributed by atoms with Gasteiger partial charge in [0.15, 0.2) is 0 Å². The number of aromatic hydroxyl groups is 1. The maximum Gasteiger partial charge on any atom is 0.128 e. The summed E-state index contributed by atoms with van der Waals surface area (Å²) in [6.07, 6.45) is 7.85. The summed E-state index contributed by atoms with van der Waals surface area (Å²) in [6, 6.07) is 21.0. The van der Waals surface area contributed by atoms with E-state index in [2.05, 4.69) is 59.6 Å². The largest absolute Gasteiger partial charge is 0.508 e. The molecule has 1 unspecified atom stereocenters. The minimum absolute atomic E-state index is 0.0526. The van der Waals surface area contributed by atoms with Crippen LogP contribution in [0.4, 0.5) is 5.82 Å². The van der Waals surface area contributed by atoms with Gasteiger partial charge in [0.25, 0.3) is 0 Å². The molecule has 1 spiro atoms. The number of nitrogens with zero attached hydrogens (tertiary/aromatic N) is 2. The molecule has 2 fully saturated rings. The molecule has 0 bridgehead atoms. The number of ether oxygens (including phenoxy) is 1. The van der Waals surface area contributed by atoms with Crippen LogP contribution >= 0.6 is 0 Å². The number of pyridine rings is 1. The molecule has 180 valence electrons. The zero-order chi connectivity index (χ0) is 23.8. The molecule has 1 aromatic heterocycles. The van der Waals surface area contributed by atoms with Gasteiger partial charge in [-0.1, -0.05) is 42.5 Å². The van der Waals surface area contributed by atoms with E-state index in [-0.39, 0.29) is 17.4 Å². The molecule has 0 saturated carbocycles. The van der Waals surface area contributed by atoms with Crippen LogP contribution < -0.4 is 4.90 Å². The summed E-state index contributed by atoms with van der Waals surface area (Å²) in [6.45, 7) is 2.37. The molecule has 2 aromatic carbocycles. The van der Waals surface area contributed by atoms with Crippen molar-refractivity contribution in [2.24, 2.45) is 5.92 Å². The van der Waals surface area contributed by atoms with Crippen LogP contribution in [0.5, 0.6) is 5.75 Å². The minimum atomic E-state index is -0.123. The van der Waals surface area contributed by atoms with E-state index >= 15 is 0 Å². The van der Waals surface area contributed by atoms with Crippen LogP contribution in [0.1, 0.15) is 59.8 Å². The summed E-state index contributed by atoms with van der Waals surface area (Å²) in [7, 11) is 0. The van der Waals surface area contributed by atoms with Crippen molar-refractivity contribution in [2.75, 3.05) is 24.6 Å². The summed E-state index contributed by atoms with van der Waals surface area (Å²) in [4.78, 5) is 18.4. The Morgan fingerprint density at radius 1 is 1.03 bits per heavy atom. The van der Waals surface area contributed by atoms with Gasteiger partial charge in [-0.2, -0.15) is 0 Å². The zero-order valence-electron chi connectivity index (χ0n) is 20.0. The van der Waals surface area contributed by atoms with E-state index in [1.807, 2.05) is 12.1 Å². The topological polar surface area (TPSA) is 62.7 Å². The summed E-state index contributed by atoms with van der Waals surface area (Å²) in [5.74, 6) is 1.98. The summed E-state index contributed by atoms with van der Waals surface area (Å²) >= 11 is 0. The number of carbonyl (C=O) groups excluding carboxylic acids is 1. The number of aromatic nitrogens is 1. The summed E-state index contributed by atoms with van der Waals surface area (Å²) < 4.78 is 6.07. The van der Waals surface area contributed by atoms with E-state index in [0.717, 1.165) is 57.3 Å². The number of carbonyl (C=O) groups is 1. The number of hydrogen-bond acceptors (Lipinski definition) is 5. The lowest BCUT2D eigenvalue weighted by Gasteiger charge is -2.39. The molecule has 0 radical (unpaired) electrons. The van der Waals surface area contributed by atoms with Crippen molar-refractivity contribution in [3.63, 3.8) is 0 Å². The van der Waals surface area contributed by atoms with Crippen molar-refractivity contribution in [2.45, 2.75) is 49.5 Å². The van der Waals surface area contributed by atoms with Crippen LogP contribution in [-0.4, -0.2) is 41.7 Å². The summed E-state index contributed by atoms with van der Waals surface area (Å²) in [5.41, 5.74) is 4.98. The van der Waals surface area contributed by atoms with Crippen molar-refractivity contribution in [1.82, 2.24) is 4.98 Å². The average Bonchev–Trinajstić information content (AvgIpc) is 3.31. The molecule has 2 aliphatic heterocycles. The Morgan fingerprint density at radius 3 is 2.57 bits per heavy atom. The third kappa shape index (κ3) is 4.23. The number of benzene rings is 2. The Kier molecular flexibility index (Phi) is 5.81. The highest BCUT2D eigenvalue weighted by Gasteiger charge is 2.42. The Labute approximate surface area is 206 Å². The number of phenols is 1. The molecular formula is C30H32N2O3. The van der Waals surface area contributed by atoms with Crippen LogP contribution in [0, 0.1) is 5.92 Å². The number of piperidine rings is 1. The molecule has 3 heterocycles. The van der Waals surface area contributed by atoms with E-state index in [9.17, 15) is 9.90 Å². The lowest BCUT2D eigenvalue weighted by Crippen LogP contribution is -2.44. The van der Waals surface area contributed by atoms with Gasteiger partial charge in [0, 0.05) is 31.1 Å². The SMILES string of the molecule is O=CC1COC2(CCN(c3ccc([C@@H]4c5ccc(O)cc5CC[C@@H]4c4ccccc4)cn3)CC2)C1. The molecule has 1 aliphatic carbocycles. The fraction of sp³-hybridized carbons (Fsp3) is 0.400. The van der Waals surface area contributed by atoms with Gasteiger partial charge in [0.2, 0.25) is 0 Å². The second kappa shape index (κ2) is 9.12. The number of rotatable bonds is 4. The van der Waals surface area contributed by atoms with Crippen molar-refractivity contribution >= 4 is 12.1 Å². The van der Waals surface area contributed by atoms with E-state index < -0.39 is 0 Å². The lowest BCUT2D eigenvalue weighted by atomic mass is 9.69. The van der Waals surface area contributed by atoms with Crippen LogP contribution in [0.2, 0.25) is 0 Å². The highest BCUT2D eigenvalue weighted by molar-refractivity contribution is 5.54. The van der Waals surface area contributed by atoms with Gasteiger partial charge in [-0.3, -0.25) is 0 Å². The standard InChI is InChI=1S/C30H32N2O3/c33-19-21-17-30(35-20-21)12-14-32(15-13-30)28-11-7-24(18-31-28)29-26(22-4-2-1-3-5-22)9-6-23-16-25(34)8-10-27(23)29/h1-5,7-8,10-11,16,18-19,21,26,29,34H,6,9,12-15,17,20H2/t21?,26-,29+/m1/s1. The third-order valence-electron chi connectivity index (χ3n) is 8.38. The predicted octanol–water partition coefficient (Wildman–Crippen LogP) is 5.22. The van der Waals surface area contributed by atoms with Gasteiger partial charge in [0.1, 0.15) is 17.9 Å².